The maximum Gasteiger partial charge on any atom is 0.137 e. The van der Waals surface area contributed by atoms with Crippen molar-refractivity contribution in [1.29, 1.82) is 0 Å². The van der Waals surface area contributed by atoms with Gasteiger partial charge in [-0.2, -0.15) is 0 Å². The van der Waals surface area contributed by atoms with Gasteiger partial charge in [-0.3, -0.25) is 0 Å². The van der Waals surface area contributed by atoms with Crippen LogP contribution in [0, 0.1) is 6.92 Å². The van der Waals surface area contributed by atoms with Gasteiger partial charge in [-0.15, -0.1) is 0 Å². The van der Waals surface area contributed by atoms with Crippen molar-refractivity contribution in [2.75, 3.05) is 0 Å². The van der Waals surface area contributed by atoms with Crippen molar-refractivity contribution in [3.8, 4) is 0 Å². The Morgan fingerprint density at radius 2 is 2.00 bits per heavy atom. The molecule has 0 fully saturated rings. The van der Waals surface area contributed by atoms with Gasteiger partial charge < -0.3 is 9.51 Å². The molecule has 3 heteroatoms. The van der Waals surface area contributed by atoms with Crippen molar-refractivity contribution in [3.63, 3.8) is 0 Å². The molecule has 2 aromatic heterocycles. The first-order chi connectivity index (χ1) is 7.43. The van der Waals surface area contributed by atoms with Gasteiger partial charge in [-0.25, -0.2) is 4.98 Å². The Morgan fingerprint density at radius 3 is 2.56 bits per heavy atom. The Balaban J connectivity index is 2.77. The zero-order valence-electron chi connectivity index (χ0n) is 10.3. The van der Waals surface area contributed by atoms with E-state index < -0.39 is 0 Å². The first kappa shape index (κ1) is 11.1. The molecule has 0 bridgehead atoms. The number of nitrogens with zero attached hydrogens (tertiary/aromatic N) is 2. The highest BCUT2D eigenvalue weighted by molar-refractivity contribution is 5.46. The van der Waals surface area contributed by atoms with Crippen LogP contribution in [0.5, 0.6) is 0 Å². The van der Waals surface area contributed by atoms with E-state index in [0.29, 0.717) is 0 Å². The minimum absolute atomic E-state index is 0.0250. The molecule has 0 spiro atoms. The zero-order valence-corrected chi connectivity index (χ0v) is 10.3. The van der Waals surface area contributed by atoms with E-state index in [1.54, 1.807) is 0 Å². The van der Waals surface area contributed by atoms with Crippen LogP contribution in [0.4, 0.5) is 0 Å². The van der Waals surface area contributed by atoms with Gasteiger partial charge >= 0.3 is 0 Å². The molecule has 2 aromatic rings. The maximum atomic E-state index is 9.50. The standard InChI is InChI=1S/C13H18N2O/c1-9-5-6-11-14-12(13(2,3)4)10(8-16)15(11)7-9/h5-7,16H,8H2,1-4H3. The van der Waals surface area contributed by atoms with Crippen LogP contribution in [0.2, 0.25) is 0 Å². The second-order valence-corrected chi connectivity index (χ2v) is 5.25. The lowest BCUT2D eigenvalue weighted by atomic mass is 9.91. The van der Waals surface area contributed by atoms with E-state index in [1.807, 2.05) is 29.7 Å². The summed E-state index contributed by atoms with van der Waals surface area (Å²) in [4.78, 5) is 4.60. The van der Waals surface area contributed by atoms with Crippen molar-refractivity contribution < 1.29 is 5.11 Å². The summed E-state index contributed by atoms with van der Waals surface area (Å²) in [5, 5.41) is 9.50. The molecule has 0 saturated heterocycles. The molecule has 0 aliphatic rings. The average molecular weight is 218 g/mol. The number of aryl methyl sites for hydroxylation is 1. The number of rotatable bonds is 1. The molecule has 0 radical (unpaired) electrons. The summed E-state index contributed by atoms with van der Waals surface area (Å²) in [6, 6.07) is 4.03. The molecule has 3 nitrogen and oxygen atoms in total. The van der Waals surface area contributed by atoms with E-state index in [0.717, 1.165) is 17.0 Å². The van der Waals surface area contributed by atoms with Crippen LogP contribution in [0.1, 0.15) is 37.7 Å². The maximum absolute atomic E-state index is 9.50. The average Bonchev–Trinajstić information content (AvgIpc) is 2.54. The number of imidazole rings is 1. The van der Waals surface area contributed by atoms with E-state index in [2.05, 4.69) is 25.8 Å². The molecule has 0 saturated carbocycles. The molecular weight excluding hydrogens is 200 g/mol. The van der Waals surface area contributed by atoms with Crippen LogP contribution in [-0.2, 0) is 12.0 Å². The monoisotopic (exact) mass is 218 g/mol. The van der Waals surface area contributed by atoms with E-state index in [4.69, 9.17) is 0 Å². The van der Waals surface area contributed by atoms with Gasteiger partial charge in [0.2, 0.25) is 0 Å². The van der Waals surface area contributed by atoms with Crippen LogP contribution in [0.15, 0.2) is 18.3 Å². The molecule has 0 aliphatic heterocycles. The van der Waals surface area contributed by atoms with Crippen molar-refractivity contribution in [3.05, 3.63) is 35.3 Å². The lowest BCUT2D eigenvalue weighted by Crippen LogP contribution is -2.14. The van der Waals surface area contributed by atoms with Crippen molar-refractivity contribution in [1.82, 2.24) is 9.38 Å². The van der Waals surface area contributed by atoms with Crippen molar-refractivity contribution >= 4 is 5.65 Å². The number of aromatic nitrogens is 2. The molecule has 2 heterocycles. The first-order valence-corrected chi connectivity index (χ1v) is 5.52. The van der Waals surface area contributed by atoms with Gasteiger partial charge in [0.25, 0.3) is 0 Å². The van der Waals surface area contributed by atoms with Gasteiger partial charge in [0.05, 0.1) is 18.0 Å². The summed E-state index contributed by atoms with van der Waals surface area (Å²) in [5.74, 6) is 0. The summed E-state index contributed by atoms with van der Waals surface area (Å²) in [6.07, 6.45) is 2.02. The third-order valence-electron chi connectivity index (χ3n) is 2.73. The molecule has 0 aromatic carbocycles. The molecule has 0 amide bonds. The molecule has 86 valence electrons. The van der Waals surface area contributed by atoms with Crippen molar-refractivity contribution in [2.24, 2.45) is 0 Å². The highest BCUT2D eigenvalue weighted by Crippen LogP contribution is 2.26. The number of pyridine rings is 1. The summed E-state index contributed by atoms with van der Waals surface area (Å²) < 4.78 is 1.98. The van der Waals surface area contributed by atoms with Crippen molar-refractivity contribution in [2.45, 2.75) is 39.7 Å². The first-order valence-electron chi connectivity index (χ1n) is 5.52. The molecule has 0 atom stereocenters. The Morgan fingerprint density at radius 1 is 1.31 bits per heavy atom. The Hall–Kier alpha value is -1.35. The number of fused-ring (bicyclic) bond motifs is 1. The van der Waals surface area contributed by atoms with Crippen LogP contribution >= 0.6 is 0 Å². The largest absolute Gasteiger partial charge is 0.390 e. The highest BCUT2D eigenvalue weighted by atomic mass is 16.3. The third-order valence-corrected chi connectivity index (χ3v) is 2.73. The minimum Gasteiger partial charge on any atom is -0.390 e. The second-order valence-electron chi connectivity index (χ2n) is 5.25. The minimum atomic E-state index is -0.0437. The topological polar surface area (TPSA) is 37.5 Å². The fourth-order valence-electron chi connectivity index (χ4n) is 1.95. The summed E-state index contributed by atoms with van der Waals surface area (Å²) >= 11 is 0. The van der Waals surface area contributed by atoms with E-state index >= 15 is 0 Å². The van der Waals surface area contributed by atoms with Gasteiger partial charge in [0.15, 0.2) is 0 Å². The summed E-state index contributed by atoms with van der Waals surface area (Å²) in [7, 11) is 0. The Labute approximate surface area is 95.8 Å². The molecule has 0 aliphatic carbocycles. The molecule has 0 unspecified atom stereocenters. The lowest BCUT2D eigenvalue weighted by molar-refractivity contribution is 0.272. The van der Waals surface area contributed by atoms with Crippen LogP contribution < -0.4 is 0 Å². The van der Waals surface area contributed by atoms with Gasteiger partial charge in [-0.1, -0.05) is 26.8 Å². The lowest BCUT2D eigenvalue weighted by Gasteiger charge is -2.16. The fourth-order valence-corrected chi connectivity index (χ4v) is 1.95. The molecular formula is C13H18N2O. The molecule has 16 heavy (non-hydrogen) atoms. The second kappa shape index (κ2) is 3.59. The number of hydrogen-bond acceptors (Lipinski definition) is 2. The Bertz CT molecular complexity index is 520. The Kier molecular flexibility index (Phi) is 2.50. The third kappa shape index (κ3) is 1.71. The summed E-state index contributed by atoms with van der Waals surface area (Å²) in [5.41, 5.74) is 3.89. The van der Waals surface area contributed by atoms with Gasteiger partial charge in [0.1, 0.15) is 5.65 Å². The van der Waals surface area contributed by atoms with E-state index in [1.165, 1.54) is 5.56 Å². The van der Waals surface area contributed by atoms with Gasteiger partial charge in [-0.05, 0) is 18.6 Å². The quantitative estimate of drug-likeness (QED) is 0.798. The smallest absolute Gasteiger partial charge is 0.137 e. The van der Waals surface area contributed by atoms with E-state index in [-0.39, 0.29) is 12.0 Å². The van der Waals surface area contributed by atoms with E-state index in [9.17, 15) is 5.11 Å². The number of aliphatic hydroxyl groups is 1. The fraction of sp³-hybridized carbons (Fsp3) is 0.462. The van der Waals surface area contributed by atoms with Gasteiger partial charge in [0, 0.05) is 11.6 Å². The number of aliphatic hydroxyl groups excluding tert-OH is 1. The zero-order chi connectivity index (χ0) is 11.9. The highest BCUT2D eigenvalue weighted by Gasteiger charge is 2.23. The predicted molar refractivity (Wildman–Crippen MR) is 64.6 cm³/mol. The number of hydrogen-bond donors (Lipinski definition) is 1. The normalized spacial score (nSPS) is 12.3. The SMILES string of the molecule is Cc1ccc2nc(C(C)(C)C)c(CO)n2c1. The van der Waals surface area contributed by atoms with Crippen LogP contribution in [0.3, 0.4) is 0 Å². The molecule has 2 rings (SSSR count). The predicted octanol–water partition coefficient (Wildman–Crippen LogP) is 2.43. The summed E-state index contributed by atoms with van der Waals surface area (Å²) in [6.45, 7) is 8.40. The molecule has 1 N–H and O–H groups in total. The van der Waals surface area contributed by atoms with Crippen LogP contribution in [-0.4, -0.2) is 14.5 Å². The van der Waals surface area contributed by atoms with Crippen LogP contribution in [0.25, 0.3) is 5.65 Å².